The number of carboxylic acids is 1. The fourth-order valence-electron chi connectivity index (χ4n) is 3.52. The zero-order chi connectivity index (χ0) is 25.8. The van der Waals surface area contributed by atoms with E-state index in [1.807, 2.05) is 11.5 Å². The van der Waals surface area contributed by atoms with Crippen molar-refractivity contribution >= 4 is 69.7 Å². The third kappa shape index (κ3) is 5.46. The van der Waals surface area contributed by atoms with Crippen LogP contribution in [0.5, 0.6) is 0 Å². The highest BCUT2D eigenvalue weighted by Crippen LogP contribution is 2.46. The van der Waals surface area contributed by atoms with E-state index in [9.17, 15) is 24.7 Å². The highest BCUT2D eigenvalue weighted by Gasteiger charge is 2.54. The molecule has 8 N–H and O–H groups in total. The SMILES string of the molecule is NCCSCc1cnccc1SC1=C(C(=O)O)N2C(=O)[C@@H](NC(=O)C(NO)c3nsc(N)n3)[C@@H]2SC1. The largest absolute Gasteiger partial charge is 0.477 e. The van der Waals surface area contributed by atoms with E-state index >= 15 is 0 Å². The van der Waals surface area contributed by atoms with Crippen LogP contribution in [0.3, 0.4) is 0 Å². The first-order valence-corrected chi connectivity index (χ1v) is 14.2. The monoisotopic (exact) mass is 570 g/mol. The number of fused-ring (bicyclic) bond motifs is 1. The molecule has 0 bridgehead atoms. The molecule has 0 saturated carbocycles. The van der Waals surface area contributed by atoms with Gasteiger partial charge in [0.05, 0.1) is 0 Å². The molecule has 1 unspecified atom stereocenters. The molecule has 36 heavy (non-hydrogen) atoms. The molecule has 0 radical (unpaired) electrons. The van der Waals surface area contributed by atoms with Crippen LogP contribution in [-0.4, -0.2) is 76.8 Å². The summed E-state index contributed by atoms with van der Waals surface area (Å²) in [6.45, 7) is 0.554. The van der Waals surface area contributed by atoms with Crippen LogP contribution in [0, 0.1) is 0 Å². The number of pyridine rings is 1. The zero-order valence-corrected chi connectivity index (χ0v) is 21.8. The number of nitrogens with two attached hydrogens (primary N) is 2. The number of nitrogens with zero attached hydrogens (tertiary/aromatic N) is 4. The summed E-state index contributed by atoms with van der Waals surface area (Å²) in [5.41, 5.74) is 13.8. The predicted octanol–water partition coefficient (Wildman–Crippen LogP) is 0.216. The summed E-state index contributed by atoms with van der Waals surface area (Å²) in [5, 5.41) is 21.4. The van der Waals surface area contributed by atoms with Crippen LogP contribution in [0.25, 0.3) is 0 Å². The normalized spacial score (nSPS) is 20.1. The molecule has 2 aliphatic rings. The lowest BCUT2D eigenvalue weighted by atomic mass is 10.0. The van der Waals surface area contributed by atoms with Crippen LogP contribution in [0.2, 0.25) is 0 Å². The van der Waals surface area contributed by atoms with Gasteiger partial charge < -0.3 is 27.1 Å². The summed E-state index contributed by atoms with van der Waals surface area (Å²) in [4.78, 5) is 48.5. The molecule has 2 amide bonds. The van der Waals surface area contributed by atoms with Crippen LogP contribution in [0.1, 0.15) is 17.4 Å². The molecular formula is C19H22N8O5S4. The van der Waals surface area contributed by atoms with Crippen molar-refractivity contribution in [1.29, 1.82) is 0 Å². The number of rotatable bonds is 11. The van der Waals surface area contributed by atoms with Gasteiger partial charge in [-0.2, -0.15) is 21.6 Å². The number of hydrogen-bond donors (Lipinski definition) is 6. The number of hydroxylamine groups is 1. The van der Waals surface area contributed by atoms with Gasteiger partial charge >= 0.3 is 5.97 Å². The first-order valence-electron chi connectivity index (χ1n) is 10.4. The lowest BCUT2D eigenvalue weighted by molar-refractivity contribution is -0.151. The number of nitrogens with one attached hydrogen (secondary N) is 2. The van der Waals surface area contributed by atoms with Gasteiger partial charge in [-0.3, -0.25) is 19.5 Å². The summed E-state index contributed by atoms with van der Waals surface area (Å²) in [7, 11) is 0. The van der Waals surface area contributed by atoms with Crippen molar-refractivity contribution in [3.05, 3.63) is 40.5 Å². The second-order valence-corrected chi connectivity index (χ2v) is 11.6. The molecule has 4 heterocycles. The molecule has 4 rings (SSSR count). The highest BCUT2D eigenvalue weighted by molar-refractivity contribution is 8.06. The van der Waals surface area contributed by atoms with Crippen molar-refractivity contribution in [3.8, 4) is 0 Å². The molecule has 13 nitrogen and oxygen atoms in total. The maximum Gasteiger partial charge on any atom is 0.353 e. The minimum Gasteiger partial charge on any atom is -0.477 e. The van der Waals surface area contributed by atoms with E-state index in [1.165, 1.54) is 28.4 Å². The highest BCUT2D eigenvalue weighted by atomic mass is 32.2. The lowest BCUT2D eigenvalue weighted by Gasteiger charge is -2.49. The number of aliphatic carboxylic acids is 1. The van der Waals surface area contributed by atoms with Gasteiger partial charge in [-0.1, -0.05) is 11.8 Å². The molecule has 2 aliphatic heterocycles. The summed E-state index contributed by atoms with van der Waals surface area (Å²) < 4.78 is 3.90. The Morgan fingerprint density at radius 3 is 2.86 bits per heavy atom. The third-order valence-corrected chi connectivity index (χ3v) is 9.41. The average molecular weight is 571 g/mol. The van der Waals surface area contributed by atoms with E-state index in [0.29, 0.717) is 23.0 Å². The van der Waals surface area contributed by atoms with Gasteiger partial charge in [0, 0.05) is 57.5 Å². The number of nitrogen functional groups attached to an aromatic ring is 1. The Morgan fingerprint density at radius 2 is 2.19 bits per heavy atom. The second kappa shape index (κ2) is 11.8. The van der Waals surface area contributed by atoms with Crippen molar-refractivity contribution in [2.75, 3.05) is 23.8 Å². The summed E-state index contributed by atoms with van der Waals surface area (Å²) >= 11 is 5.14. The van der Waals surface area contributed by atoms with E-state index in [-0.39, 0.29) is 16.7 Å². The van der Waals surface area contributed by atoms with Crippen molar-refractivity contribution < 1.29 is 24.7 Å². The van der Waals surface area contributed by atoms with Gasteiger partial charge in [-0.25, -0.2) is 9.78 Å². The smallest absolute Gasteiger partial charge is 0.353 e. The molecule has 1 fully saturated rings. The number of hydrogen-bond acceptors (Lipinski definition) is 14. The van der Waals surface area contributed by atoms with Crippen molar-refractivity contribution in [1.82, 2.24) is 30.0 Å². The lowest BCUT2D eigenvalue weighted by Crippen LogP contribution is -2.71. The molecule has 0 aliphatic carbocycles. The third-order valence-electron chi connectivity index (χ3n) is 5.15. The van der Waals surface area contributed by atoms with E-state index in [0.717, 1.165) is 27.7 Å². The minimum absolute atomic E-state index is 0.0417. The molecular weight excluding hydrogens is 549 g/mol. The quantitative estimate of drug-likeness (QED) is 0.121. The van der Waals surface area contributed by atoms with Crippen LogP contribution in [0.15, 0.2) is 34.0 Å². The van der Waals surface area contributed by atoms with E-state index < -0.39 is 35.2 Å². The van der Waals surface area contributed by atoms with Crippen LogP contribution < -0.4 is 22.3 Å². The Kier molecular flexibility index (Phi) is 8.70. The first kappa shape index (κ1) is 26.6. The number of amides is 2. The fourth-order valence-corrected chi connectivity index (χ4v) is 7.41. The standard InChI is InChI=1S/C19H22N8O5S4/c20-2-4-33-6-8-5-22-3-1-9(8)35-10-7-34-17-12(16(29)27(17)13(10)18(30)31)23-15(28)11(25-32)14-24-19(21)36-26-14/h1,3,5,11-12,17,25,32H,2,4,6-7,20H2,(H,23,28)(H,30,31)(H2,21,24,26)/t11?,12-,17+/m1/s1. The number of aromatic nitrogens is 3. The molecule has 0 aromatic carbocycles. The predicted molar refractivity (Wildman–Crippen MR) is 137 cm³/mol. The number of carboxylic acid groups (broad SMARTS) is 1. The van der Waals surface area contributed by atoms with Crippen LogP contribution >= 0.6 is 46.8 Å². The minimum atomic E-state index is -1.34. The Morgan fingerprint density at radius 1 is 1.39 bits per heavy atom. The molecule has 1 saturated heterocycles. The van der Waals surface area contributed by atoms with E-state index in [2.05, 4.69) is 19.7 Å². The van der Waals surface area contributed by atoms with Crippen molar-refractivity contribution in [3.63, 3.8) is 0 Å². The fraction of sp³-hybridized carbons (Fsp3) is 0.368. The van der Waals surface area contributed by atoms with Gasteiger partial charge in [-0.05, 0) is 11.6 Å². The van der Waals surface area contributed by atoms with Crippen molar-refractivity contribution in [2.45, 2.75) is 28.1 Å². The zero-order valence-electron chi connectivity index (χ0n) is 18.5. The first-order chi connectivity index (χ1) is 17.3. The number of thioether (sulfide) groups is 3. The Bertz CT molecular complexity index is 1190. The molecule has 17 heteroatoms. The Labute approximate surface area is 222 Å². The average Bonchev–Trinajstić information content (AvgIpc) is 3.29. The topological polar surface area (TPSA) is 210 Å². The summed E-state index contributed by atoms with van der Waals surface area (Å²) in [6, 6.07) is -0.495. The van der Waals surface area contributed by atoms with Gasteiger partial charge in [0.1, 0.15) is 17.1 Å². The number of anilines is 1. The Hall–Kier alpha value is -2.41. The molecule has 0 spiro atoms. The van der Waals surface area contributed by atoms with Gasteiger partial charge in [-0.15, -0.1) is 11.8 Å². The van der Waals surface area contributed by atoms with Crippen LogP contribution in [-0.2, 0) is 20.1 Å². The van der Waals surface area contributed by atoms with E-state index in [4.69, 9.17) is 11.5 Å². The van der Waals surface area contributed by atoms with Crippen molar-refractivity contribution in [2.24, 2.45) is 5.73 Å². The molecule has 3 atom stereocenters. The number of carbonyl (C=O) groups excluding carboxylic acids is 2. The molecule has 2 aromatic rings. The van der Waals surface area contributed by atoms with Gasteiger partial charge in [0.2, 0.25) is 5.91 Å². The maximum absolute atomic E-state index is 13.0. The maximum atomic E-state index is 13.0. The summed E-state index contributed by atoms with van der Waals surface area (Å²) in [6.07, 6.45) is 3.37. The Balaban J connectivity index is 1.50. The molecule has 2 aromatic heterocycles. The number of carbonyl (C=O) groups is 3. The second-order valence-electron chi connectivity index (χ2n) is 7.45. The van der Waals surface area contributed by atoms with E-state index in [1.54, 1.807) is 24.2 Å². The van der Waals surface area contributed by atoms with Gasteiger partial charge in [0.15, 0.2) is 17.0 Å². The number of β-lactam (4-membered cyclic amide) rings is 1. The van der Waals surface area contributed by atoms with Crippen LogP contribution in [0.4, 0.5) is 5.13 Å². The molecule has 192 valence electrons. The van der Waals surface area contributed by atoms with Gasteiger partial charge in [0.25, 0.3) is 5.91 Å². The summed E-state index contributed by atoms with van der Waals surface area (Å²) in [5.74, 6) is -0.788.